The van der Waals surface area contributed by atoms with Gasteiger partial charge in [-0.2, -0.15) is 5.10 Å². The molecule has 108 valence electrons. The van der Waals surface area contributed by atoms with Crippen LogP contribution < -0.4 is 0 Å². The number of hydrogen-bond acceptors (Lipinski definition) is 1. The van der Waals surface area contributed by atoms with Crippen LogP contribution in [0.15, 0.2) is 60.8 Å². The van der Waals surface area contributed by atoms with E-state index >= 15 is 0 Å². The molecule has 0 atom stereocenters. The average Bonchev–Trinajstić information content (AvgIpc) is 3.12. The van der Waals surface area contributed by atoms with E-state index in [0.717, 1.165) is 23.6 Å². The number of rotatable bonds is 2. The molecule has 0 spiro atoms. The van der Waals surface area contributed by atoms with Gasteiger partial charge < -0.3 is 0 Å². The lowest BCUT2D eigenvalue weighted by Gasteiger charge is -2.09. The molecule has 2 aromatic carbocycles. The Kier molecular flexibility index (Phi) is 3.32. The molecule has 0 amide bonds. The van der Waals surface area contributed by atoms with Gasteiger partial charge in [-0.15, -0.1) is 0 Å². The Morgan fingerprint density at radius 2 is 1.73 bits per heavy atom. The van der Waals surface area contributed by atoms with Crippen molar-refractivity contribution in [3.8, 4) is 5.69 Å². The van der Waals surface area contributed by atoms with Gasteiger partial charge >= 0.3 is 0 Å². The number of para-hydroxylation sites is 1. The van der Waals surface area contributed by atoms with Crippen LogP contribution in [0.3, 0.4) is 0 Å². The predicted molar refractivity (Wildman–Crippen MR) is 91.2 cm³/mol. The second-order valence-corrected chi connectivity index (χ2v) is 5.87. The third-order valence-electron chi connectivity index (χ3n) is 4.03. The minimum atomic E-state index is 0.722. The smallest absolute Gasteiger partial charge is 0.0839 e. The normalized spacial score (nSPS) is 15.2. The summed E-state index contributed by atoms with van der Waals surface area (Å²) in [4.78, 5) is 0. The van der Waals surface area contributed by atoms with Crippen molar-refractivity contribution in [3.63, 3.8) is 0 Å². The Bertz CT molecular complexity index is 847. The molecule has 1 aromatic heterocycles. The molecule has 0 N–H and O–H groups in total. The lowest BCUT2D eigenvalue weighted by atomic mass is 10.1. The van der Waals surface area contributed by atoms with Crippen molar-refractivity contribution in [2.75, 3.05) is 0 Å². The fraction of sp³-hybridized carbons (Fsp3) is 0.105. The zero-order valence-electron chi connectivity index (χ0n) is 12.0. The molecule has 3 heteroatoms. The molecule has 1 aliphatic carbocycles. The van der Waals surface area contributed by atoms with E-state index in [1.54, 1.807) is 0 Å². The van der Waals surface area contributed by atoms with Gasteiger partial charge in [-0.3, -0.25) is 0 Å². The van der Waals surface area contributed by atoms with Crippen molar-refractivity contribution in [1.29, 1.82) is 0 Å². The summed E-state index contributed by atoms with van der Waals surface area (Å²) >= 11 is 6.34. The summed E-state index contributed by atoms with van der Waals surface area (Å²) in [5.74, 6) is 0. The van der Waals surface area contributed by atoms with E-state index in [1.165, 1.54) is 22.4 Å². The molecule has 0 bridgehead atoms. The van der Waals surface area contributed by atoms with E-state index in [1.807, 2.05) is 41.2 Å². The first-order chi connectivity index (χ1) is 10.8. The van der Waals surface area contributed by atoms with Gasteiger partial charge in [0.05, 0.1) is 22.6 Å². The van der Waals surface area contributed by atoms with Crippen LogP contribution in [0.25, 0.3) is 17.3 Å². The van der Waals surface area contributed by atoms with Crippen molar-refractivity contribution in [2.45, 2.75) is 12.8 Å². The van der Waals surface area contributed by atoms with Crippen molar-refractivity contribution >= 4 is 23.3 Å². The molecule has 0 saturated carbocycles. The number of hydrogen-bond donors (Lipinski definition) is 0. The second-order valence-electron chi connectivity index (χ2n) is 5.46. The highest BCUT2D eigenvalue weighted by Crippen LogP contribution is 2.36. The molecule has 1 aliphatic rings. The van der Waals surface area contributed by atoms with Gasteiger partial charge in [0.1, 0.15) is 0 Å². The van der Waals surface area contributed by atoms with Crippen LogP contribution in [0.4, 0.5) is 0 Å². The largest absolute Gasteiger partial charge is 0.232 e. The van der Waals surface area contributed by atoms with Gasteiger partial charge in [-0.25, -0.2) is 4.68 Å². The van der Waals surface area contributed by atoms with Gasteiger partial charge in [0.25, 0.3) is 0 Å². The van der Waals surface area contributed by atoms with Crippen LogP contribution >= 0.6 is 11.6 Å². The average molecular weight is 307 g/mol. The molecule has 22 heavy (non-hydrogen) atoms. The van der Waals surface area contributed by atoms with Crippen LogP contribution in [0, 0.1) is 0 Å². The van der Waals surface area contributed by atoms with Crippen LogP contribution in [0.1, 0.15) is 23.2 Å². The van der Waals surface area contributed by atoms with E-state index in [9.17, 15) is 0 Å². The number of halogens is 1. The SMILES string of the molecule is Clc1ccccc1-n1ncc2c1/C(=C/c1ccccc1)CC2. The zero-order chi connectivity index (χ0) is 14.9. The summed E-state index contributed by atoms with van der Waals surface area (Å²) in [5, 5.41) is 5.27. The Morgan fingerprint density at radius 3 is 2.55 bits per heavy atom. The first kappa shape index (κ1) is 13.4. The Balaban J connectivity index is 1.84. The standard InChI is InChI=1S/C19H15ClN2/c20-17-8-4-5-9-18(17)22-19-15(10-11-16(19)13-21-22)12-14-6-2-1-3-7-14/h1-9,12-13H,10-11H2/b15-12+. The van der Waals surface area contributed by atoms with Crippen molar-refractivity contribution in [1.82, 2.24) is 9.78 Å². The van der Waals surface area contributed by atoms with E-state index in [0.29, 0.717) is 0 Å². The fourth-order valence-corrected chi connectivity index (χ4v) is 3.21. The van der Waals surface area contributed by atoms with Gasteiger partial charge in [0, 0.05) is 0 Å². The van der Waals surface area contributed by atoms with Crippen LogP contribution in [0.2, 0.25) is 5.02 Å². The first-order valence-corrected chi connectivity index (χ1v) is 7.78. The van der Waals surface area contributed by atoms with E-state index < -0.39 is 0 Å². The number of nitrogens with zero attached hydrogens (tertiary/aromatic N) is 2. The van der Waals surface area contributed by atoms with E-state index in [-0.39, 0.29) is 0 Å². The summed E-state index contributed by atoms with van der Waals surface area (Å²) < 4.78 is 1.97. The highest BCUT2D eigenvalue weighted by molar-refractivity contribution is 6.32. The zero-order valence-corrected chi connectivity index (χ0v) is 12.8. The van der Waals surface area contributed by atoms with Crippen molar-refractivity contribution < 1.29 is 0 Å². The van der Waals surface area contributed by atoms with E-state index in [2.05, 4.69) is 35.4 Å². The molecular formula is C19H15ClN2. The maximum absolute atomic E-state index is 6.34. The third-order valence-corrected chi connectivity index (χ3v) is 4.35. The number of benzene rings is 2. The number of aromatic nitrogens is 2. The van der Waals surface area contributed by atoms with Crippen LogP contribution in [-0.2, 0) is 6.42 Å². The van der Waals surface area contributed by atoms with Gasteiger partial charge in [-0.05, 0) is 47.8 Å². The Labute approximate surface area is 134 Å². The molecule has 1 heterocycles. The summed E-state index contributed by atoms with van der Waals surface area (Å²) in [5.41, 5.74) is 5.96. The lowest BCUT2D eigenvalue weighted by molar-refractivity contribution is 0.865. The van der Waals surface area contributed by atoms with Crippen LogP contribution in [0.5, 0.6) is 0 Å². The molecule has 0 saturated heterocycles. The number of aryl methyl sites for hydroxylation is 1. The van der Waals surface area contributed by atoms with Crippen molar-refractivity contribution in [2.24, 2.45) is 0 Å². The third kappa shape index (κ3) is 2.26. The number of allylic oxidation sites excluding steroid dienone is 1. The lowest BCUT2D eigenvalue weighted by Crippen LogP contribution is -2.01. The summed E-state index contributed by atoms with van der Waals surface area (Å²) in [6, 6.07) is 18.3. The van der Waals surface area contributed by atoms with Crippen LogP contribution in [-0.4, -0.2) is 9.78 Å². The highest BCUT2D eigenvalue weighted by Gasteiger charge is 2.23. The molecule has 0 fully saturated rings. The predicted octanol–water partition coefficient (Wildman–Crippen LogP) is 5.01. The first-order valence-electron chi connectivity index (χ1n) is 7.41. The van der Waals surface area contributed by atoms with Gasteiger partial charge in [0.15, 0.2) is 0 Å². The number of fused-ring (bicyclic) bond motifs is 1. The molecule has 3 aromatic rings. The Hall–Kier alpha value is -2.32. The van der Waals surface area contributed by atoms with Gasteiger partial charge in [0.2, 0.25) is 0 Å². The summed E-state index contributed by atoms with van der Waals surface area (Å²) in [6.07, 6.45) is 6.30. The summed E-state index contributed by atoms with van der Waals surface area (Å²) in [7, 11) is 0. The Morgan fingerprint density at radius 1 is 0.955 bits per heavy atom. The van der Waals surface area contributed by atoms with Crippen molar-refractivity contribution in [3.05, 3.63) is 82.6 Å². The minimum absolute atomic E-state index is 0.722. The summed E-state index contributed by atoms with van der Waals surface area (Å²) in [6.45, 7) is 0. The molecule has 0 radical (unpaired) electrons. The highest BCUT2D eigenvalue weighted by atomic mass is 35.5. The topological polar surface area (TPSA) is 17.8 Å². The monoisotopic (exact) mass is 306 g/mol. The maximum Gasteiger partial charge on any atom is 0.0839 e. The second kappa shape index (κ2) is 5.47. The minimum Gasteiger partial charge on any atom is -0.232 e. The molecule has 0 aliphatic heterocycles. The molecule has 0 unspecified atom stereocenters. The molecular weight excluding hydrogens is 292 g/mol. The maximum atomic E-state index is 6.34. The van der Waals surface area contributed by atoms with Gasteiger partial charge in [-0.1, -0.05) is 54.1 Å². The quantitative estimate of drug-likeness (QED) is 0.650. The fourth-order valence-electron chi connectivity index (χ4n) is 2.99. The molecule has 4 rings (SSSR count). The van der Waals surface area contributed by atoms with E-state index in [4.69, 9.17) is 11.6 Å². The molecule has 2 nitrogen and oxygen atoms in total.